The molecule has 1 amide bonds. The molecule has 0 bridgehead atoms. The van der Waals surface area contributed by atoms with Crippen molar-refractivity contribution in [2.45, 2.75) is 71.1 Å². The summed E-state index contributed by atoms with van der Waals surface area (Å²) in [7, 11) is 0. The summed E-state index contributed by atoms with van der Waals surface area (Å²) in [5.74, 6) is -0.355. The Hall–Kier alpha value is -1.56. The predicted molar refractivity (Wildman–Crippen MR) is 94.2 cm³/mol. The first-order chi connectivity index (χ1) is 11.7. The molecular formula is C19H31NO5. The van der Waals surface area contributed by atoms with Crippen LogP contribution in [0.4, 0.5) is 4.79 Å². The molecule has 6 nitrogen and oxygen atoms in total. The van der Waals surface area contributed by atoms with E-state index in [-0.39, 0.29) is 17.4 Å². The average molecular weight is 353 g/mol. The molecule has 0 aromatic heterocycles. The van der Waals surface area contributed by atoms with Gasteiger partial charge < -0.3 is 14.2 Å². The first-order valence-electron chi connectivity index (χ1n) is 9.10. The van der Waals surface area contributed by atoms with Crippen LogP contribution in [0.2, 0.25) is 0 Å². The smallest absolute Gasteiger partial charge is 0.411 e. The van der Waals surface area contributed by atoms with Gasteiger partial charge in [-0.05, 0) is 53.4 Å². The molecule has 25 heavy (non-hydrogen) atoms. The SMILES string of the molecule is C=CCCCOC[C@@]12C[C@@H]1N(C(=O)OC(C)(C)C)[C@H](C(=O)OCC)C2. The summed E-state index contributed by atoms with van der Waals surface area (Å²) >= 11 is 0. The van der Waals surface area contributed by atoms with Gasteiger partial charge in [0.1, 0.15) is 11.6 Å². The number of piperidine rings is 1. The Morgan fingerprint density at radius 2 is 2.04 bits per heavy atom. The van der Waals surface area contributed by atoms with Gasteiger partial charge in [0.2, 0.25) is 0 Å². The minimum atomic E-state index is -0.600. The zero-order valence-corrected chi connectivity index (χ0v) is 15.9. The van der Waals surface area contributed by atoms with Crippen LogP contribution in [0.1, 0.15) is 53.4 Å². The lowest BCUT2D eigenvalue weighted by Gasteiger charge is -2.29. The van der Waals surface area contributed by atoms with Gasteiger partial charge in [-0.3, -0.25) is 4.90 Å². The second-order valence-corrected chi connectivity index (χ2v) is 7.93. The Morgan fingerprint density at radius 3 is 2.64 bits per heavy atom. The van der Waals surface area contributed by atoms with E-state index in [1.54, 1.807) is 11.8 Å². The highest BCUT2D eigenvalue weighted by molar-refractivity contribution is 5.83. The van der Waals surface area contributed by atoms with Gasteiger partial charge in [0.25, 0.3) is 0 Å². The number of likely N-dealkylation sites (tertiary alicyclic amines) is 1. The molecule has 3 atom stereocenters. The van der Waals surface area contributed by atoms with Crippen LogP contribution >= 0.6 is 0 Å². The molecule has 2 aliphatic rings. The number of carbonyl (C=O) groups is 2. The lowest BCUT2D eigenvalue weighted by Crippen LogP contribution is -2.46. The largest absolute Gasteiger partial charge is 0.464 e. The molecule has 2 fully saturated rings. The van der Waals surface area contributed by atoms with E-state index in [1.165, 1.54) is 0 Å². The number of fused-ring (bicyclic) bond motifs is 1. The predicted octanol–water partition coefficient (Wildman–Crippen LogP) is 3.30. The number of nitrogens with zero attached hydrogens (tertiary/aromatic N) is 1. The minimum Gasteiger partial charge on any atom is -0.464 e. The lowest BCUT2D eigenvalue weighted by atomic mass is 10.0. The molecule has 2 rings (SSSR count). The first kappa shape index (κ1) is 19.8. The van der Waals surface area contributed by atoms with Crippen molar-refractivity contribution in [3.05, 3.63) is 12.7 Å². The maximum absolute atomic E-state index is 12.6. The number of esters is 1. The Morgan fingerprint density at radius 1 is 1.32 bits per heavy atom. The van der Waals surface area contributed by atoms with Crippen molar-refractivity contribution in [3.63, 3.8) is 0 Å². The molecule has 0 unspecified atom stereocenters. The van der Waals surface area contributed by atoms with Crippen molar-refractivity contribution in [2.24, 2.45) is 5.41 Å². The molecular weight excluding hydrogens is 322 g/mol. The number of allylic oxidation sites excluding steroid dienone is 1. The van der Waals surface area contributed by atoms with Crippen LogP contribution in [0.15, 0.2) is 12.7 Å². The maximum atomic E-state index is 12.6. The van der Waals surface area contributed by atoms with Gasteiger partial charge >= 0.3 is 12.1 Å². The molecule has 142 valence electrons. The average Bonchev–Trinajstić information content (AvgIpc) is 3.10. The number of unbranched alkanes of at least 4 members (excludes halogenated alkanes) is 1. The van der Waals surface area contributed by atoms with E-state index in [0.717, 1.165) is 19.3 Å². The van der Waals surface area contributed by atoms with Gasteiger partial charge in [-0.1, -0.05) is 6.08 Å². The molecule has 0 aromatic carbocycles. The van der Waals surface area contributed by atoms with E-state index in [0.29, 0.717) is 26.2 Å². The molecule has 0 spiro atoms. The Labute approximate surface area is 150 Å². The van der Waals surface area contributed by atoms with Gasteiger partial charge in [-0.15, -0.1) is 6.58 Å². The number of hydrogen-bond acceptors (Lipinski definition) is 5. The molecule has 0 radical (unpaired) electrons. The fourth-order valence-corrected chi connectivity index (χ4v) is 3.46. The van der Waals surface area contributed by atoms with Crippen molar-refractivity contribution in [2.75, 3.05) is 19.8 Å². The van der Waals surface area contributed by atoms with Crippen molar-refractivity contribution in [1.82, 2.24) is 4.90 Å². The molecule has 1 saturated carbocycles. The third-order valence-corrected chi connectivity index (χ3v) is 4.67. The van der Waals surface area contributed by atoms with Crippen molar-refractivity contribution >= 4 is 12.1 Å². The summed E-state index contributed by atoms with van der Waals surface area (Å²) < 4.78 is 16.5. The summed E-state index contributed by atoms with van der Waals surface area (Å²) in [4.78, 5) is 26.5. The maximum Gasteiger partial charge on any atom is 0.411 e. The Balaban J connectivity index is 2.02. The summed E-state index contributed by atoms with van der Waals surface area (Å²) in [6, 6.07) is -0.582. The molecule has 1 heterocycles. The quantitative estimate of drug-likeness (QED) is 0.380. The Kier molecular flexibility index (Phi) is 6.14. The van der Waals surface area contributed by atoms with E-state index in [1.807, 2.05) is 26.8 Å². The Bertz CT molecular complexity index is 512. The number of amides is 1. The summed E-state index contributed by atoms with van der Waals surface area (Å²) in [6.07, 6.45) is 4.72. The van der Waals surface area contributed by atoms with E-state index in [4.69, 9.17) is 14.2 Å². The highest BCUT2D eigenvalue weighted by Crippen LogP contribution is 2.60. The van der Waals surface area contributed by atoms with E-state index < -0.39 is 17.7 Å². The van der Waals surface area contributed by atoms with E-state index in [2.05, 4.69) is 6.58 Å². The highest BCUT2D eigenvalue weighted by atomic mass is 16.6. The third kappa shape index (κ3) is 4.75. The molecule has 1 saturated heterocycles. The molecule has 1 aliphatic carbocycles. The van der Waals surface area contributed by atoms with Crippen LogP contribution in [0.3, 0.4) is 0 Å². The summed E-state index contributed by atoms with van der Waals surface area (Å²) in [5, 5.41) is 0. The summed E-state index contributed by atoms with van der Waals surface area (Å²) in [5.41, 5.74) is -0.736. The number of carbonyl (C=O) groups excluding carboxylic acids is 2. The van der Waals surface area contributed by atoms with E-state index >= 15 is 0 Å². The summed E-state index contributed by atoms with van der Waals surface area (Å²) in [6.45, 7) is 12.5. The van der Waals surface area contributed by atoms with Crippen LogP contribution in [-0.2, 0) is 19.0 Å². The highest BCUT2D eigenvalue weighted by Gasteiger charge is 2.68. The fourth-order valence-electron chi connectivity index (χ4n) is 3.46. The minimum absolute atomic E-state index is 0.00356. The van der Waals surface area contributed by atoms with Crippen molar-refractivity contribution in [3.8, 4) is 0 Å². The third-order valence-electron chi connectivity index (χ3n) is 4.67. The van der Waals surface area contributed by atoms with Gasteiger partial charge in [0, 0.05) is 18.1 Å². The fraction of sp³-hybridized carbons (Fsp3) is 0.789. The van der Waals surface area contributed by atoms with Crippen LogP contribution in [0.25, 0.3) is 0 Å². The van der Waals surface area contributed by atoms with Crippen LogP contribution in [0.5, 0.6) is 0 Å². The molecule has 1 aliphatic heterocycles. The molecule has 6 heteroatoms. The van der Waals surface area contributed by atoms with Crippen LogP contribution < -0.4 is 0 Å². The monoisotopic (exact) mass is 353 g/mol. The topological polar surface area (TPSA) is 65.1 Å². The van der Waals surface area contributed by atoms with Crippen molar-refractivity contribution < 1.29 is 23.8 Å². The zero-order valence-electron chi connectivity index (χ0n) is 15.9. The normalized spacial score (nSPS) is 27.6. The number of rotatable bonds is 8. The van der Waals surface area contributed by atoms with Gasteiger partial charge in [-0.25, -0.2) is 9.59 Å². The van der Waals surface area contributed by atoms with Gasteiger partial charge in [-0.2, -0.15) is 0 Å². The van der Waals surface area contributed by atoms with Crippen LogP contribution in [0, 0.1) is 5.41 Å². The van der Waals surface area contributed by atoms with E-state index in [9.17, 15) is 9.59 Å². The van der Waals surface area contributed by atoms with Crippen LogP contribution in [-0.4, -0.2) is 54.5 Å². The second-order valence-electron chi connectivity index (χ2n) is 7.93. The van der Waals surface area contributed by atoms with Crippen molar-refractivity contribution in [1.29, 1.82) is 0 Å². The van der Waals surface area contributed by atoms with Gasteiger partial charge in [0.15, 0.2) is 0 Å². The number of ether oxygens (including phenoxy) is 3. The molecule has 0 aromatic rings. The standard InChI is InChI=1S/C19H31NO5/c1-6-8-9-10-23-13-19-11-14(16(21)24-7-2)20(15(19)12-19)17(22)25-18(3,4)5/h6,14-15H,1,7-13H2,2-5H3/t14-,15-,19+/m0/s1. The molecule has 0 N–H and O–H groups in total. The zero-order chi connectivity index (χ0) is 18.7. The second kappa shape index (κ2) is 7.77. The number of hydrogen-bond donors (Lipinski definition) is 0. The lowest BCUT2D eigenvalue weighted by molar-refractivity contribution is -0.149. The first-order valence-corrected chi connectivity index (χ1v) is 9.10. The van der Waals surface area contributed by atoms with Gasteiger partial charge in [0.05, 0.1) is 13.2 Å².